The van der Waals surface area contributed by atoms with Crippen molar-refractivity contribution >= 4 is 49.4 Å². The lowest BCUT2D eigenvalue weighted by molar-refractivity contribution is 0.443. The number of benzene rings is 8. The van der Waals surface area contributed by atoms with Gasteiger partial charge in [-0.2, -0.15) is 0 Å². The summed E-state index contributed by atoms with van der Waals surface area (Å²) in [5.74, 6) is 2.55. The van der Waals surface area contributed by atoms with Gasteiger partial charge in [0.25, 0.3) is 0 Å². The third-order valence-electron chi connectivity index (χ3n) is 15.1. The minimum absolute atomic E-state index is 0.196. The van der Waals surface area contributed by atoms with Crippen LogP contribution in [0.3, 0.4) is 0 Å². The molecule has 1 unspecified atom stereocenters. The number of hydrogen-bond donors (Lipinski definition) is 0. The van der Waals surface area contributed by atoms with Gasteiger partial charge in [0.2, 0.25) is 0 Å². The summed E-state index contributed by atoms with van der Waals surface area (Å²) in [6.07, 6.45) is 14.4. The fourth-order valence-corrected chi connectivity index (χ4v) is 11.3. The van der Waals surface area contributed by atoms with Gasteiger partial charge >= 0.3 is 0 Å². The zero-order valence-electron chi connectivity index (χ0n) is 38.1. The summed E-state index contributed by atoms with van der Waals surface area (Å²) in [5.41, 5.74) is 13.6. The molecular formula is C62H65N. The van der Waals surface area contributed by atoms with Gasteiger partial charge in [0.1, 0.15) is 0 Å². The lowest BCUT2D eigenvalue weighted by Gasteiger charge is -2.29. The van der Waals surface area contributed by atoms with E-state index in [9.17, 15) is 0 Å². The molecule has 0 bridgehead atoms. The van der Waals surface area contributed by atoms with Gasteiger partial charge in [0.15, 0.2) is 0 Å². The number of fused-ring (bicyclic) bond motifs is 5. The Balaban J connectivity index is 1.15. The maximum absolute atomic E-state index is 2.58. The number of rotatable bonds is 11. The van der Waals surface area contributed by atoms with Crippen molar-refractivity contribution in [3.8, 4) is 0 Å². The van der Waals surface area contributed by atoms with Crippen LogP contribution in [-0.4, -0.2) is 0 Å². The molecular weight excluding hydrogens is 759 g/mol. The second kappa shape index (κ2) is 18.2. The largest absolute Gasteiger partial charge is 0.310 e. The molecule has 2 saturated carbocycles. The molecule has 1 heteroatoms. The highest BCUT2D eigenvalue weighted by Crippen LogP contribution is 2.47. The van der Waals surface area contributed by atoms with Crippen molar-refractivity contribution in [1.29, 1.82) is 0 Å². The summed E-state index contributed by atoms with van der Waals surface area (Å²) in [5, 5.41) is 7.86. The van der Waals surface area contributed by atoms with Crippen molar-refractivity contribution in [2.75, 3.05) is 4.90 Å². The Kier molecular flexibility index (Phi) is 12.0. The fraction of sp³-hybridized carbons (Fsp3) is 0.323. The molecule has 0 N–H and O–H groups in total. The molecule has 2 aliphatic carbocycles. The molecule has 10 rings (SSSR count). The van der Waals surface area contributed by atoms with Gasteiger partial charge in [-0.15, -0.1) is 0 Å². The molecule has 0 spiro atoms. The number of hydrogen-bond acceptors (Lipinski definition) is 1. The van der Waals surface area contributed by atoms with Gasteiger partial charge in [0.05, 0.1) is 5.69 Å². The Morgan fingerprint density at radius 2 is 0.841 bits per heavy atom. The van der Waals surface area contributed by atoms with Crippen LogP contribution < -0.4 is 4.90 Å². The van der Waals surface area contributed by atoms with Crippen LogP contribution in [0, 0.1) is 0 Å². The van der Waals surface area contributed by atoms with E-state index >= 15 is 0 Å². The second-order valence-corrected chi connectivity index (χ2v) is 19.7. The zero-order chi connectivity index (χ0) is 42.9. The highest BCUT2D eigenvalue weighted by atomic mass is 15.1. The average Bonchev–Trinajstić information content (AvgIpc) is 3.34. The van der Waals surface area contributed by atoms with Crippen LogP contribution in [0.15, 0.2) is 158 Å². The van der Waals surface area contributed by atoms with Crippen LogP contribution in [0.4, 0.5) is 17.1 Å². The molecule has 1 atom stereocenters. The summed E-state index contributed by atoms with van der Waals surface area (Å²) in [6.45, 7) is 9.15. The Morgan fingerprint density at radius 1 is 0.413 bits per heavy atom. The molecule has 63 heavy (non-hydrogen) atoms. The minimum Gasteiger partial charge on any atom is -0.310 e. The summed E-state index contributed by atoms with van der Waals surface area (Å²) in [6, 6.07) is 61.8. The van der Waals surface area contributed by atoms with E-state index in [0.717, 1.165) is 6.42 Å². The normalized spacial score (nSPS) is 15.8. The van der Waals surface area contributed by atoms with Crippen molar-refractivity contribution < 1.29 is 0 Å². The van der Waals surface area contributed by atoms with Crippen molar-refractivity contribution in [3.63, 3.8) is 0 Å². The lowest BCUT2D eigenvalue weighted by Crippen LogP contribution is -2.12. The van der Waals surface area contributed by atoms with Crippen LogP contribution >= 0.6 is 0 Å². The Morgan fingerprint density at radius 3 is 1.38 bits per heavy atom. The van der Waals surface area contributed by atoms with E-state index in [-0.39, 0.29) is 5.92 Å². The smallest absolute Gasteiger partial charge is 0.0546 e. The average molecular weight is 824 g/mol. The number of anilines is 3. The minimum atomic E-state index is 0.196. The van der Waals surface area contributed by atoms with Gasteiger partial charge in [-0.25, -0.2) is 0 Å². The van der Waals surface area contributed by atoms with Crippen LogP contribution in [0.1, 0.15) is 160 Å². The quantitative estimate of drug-likeness (QED) is 0.117. The molecule has 8 aromatic carbocycles. The third kappa shape index (κ3) is 8.45. The molecule has 2 aliphatic rings. The predicted molar refractivity (Wildman–Crippen MR) is 272 cm³/mol. The van der Waals surface area contributed by atoms with Crippen molar-refractivity contribution in [3.05, 3.63) is 197 Å². The Hall–Kier alpha value is -5.66. The molecule has 0 radical (unpaired) electrons. The van der Waals surface area contributed by atoms with Crippen LogP contribution in [0.2, 0.25) is 0 Å². The maximum atomic E-state index is 2.58. The molecule has 0 aliphatic heterocycles. The lowest BCUT2D eigenvalue weighted by atomic mass is 9.79. The highest BCUT2D eigenvalue weighted by Gasteiger charge is 2.25. The molecule has 0 aromatic heterocycles. The van der Waals surface area contributed by atoms with Crippen LogP contribution in [-0.2, 0) is 6.42 Å². The van der Waals surface area contributed by atoms with Gasteiger partial charge in [-0.3, -0.25) is 0 Å². The monoisotopic (exact) mass is 824 g/mol. The van der Waals surface area contributed by atoms with Crippen LogP contribution in [0.25, 0.3) is 32.3 Å². The van der Waals surface area contributed by atoms with E-state index < -0.39 is 0 Å². The van der Waals surface area contributed by atoms with Gasteiger partial charge < -0.3 is 4.90 Å². The van der Waals surface area contributed by atoms with Crippen molar-refractivity contribution in [2.45, 2.75) is 128 Å². The third-order valence-corrected chi connectivity index (χ3v) is 15.1. The molecule has 0 amide bonds. The Bertz CT molecular complexity index is 2800. The summed E-state index contributed by atoms with van der Waals surface area (Å²) < 4.78 is 0. The first-order valence-corrected chi connectivity index (χ1v) is 24.5. The van der Waals surface area contributed by atoms with Gasteiger partial charge in [0, 0.05) is 22.7 Å². The standard InChI is InChI=1S/C62H65N/c1-42(2)45-25-23-44(24-26-45)39-58(51-29-27-49(28-30-51)47-15-7-5-8-16-47)59-40-60-56-21-13-14-22-57(56)62(41-61(60)55-20-12-11-19-54(55)59)63(52-35-31-46(32-36-52)43(3)4)53-37-33-50(34-38-53)48-17-9-6-10-18-48/h11-14,19-38,40-43,47-48,58H,5-10,15-18,39H2,1-4H3. The van der Waals surface area contributed by atoms with E-state index in [0.29, 0.717) is 23.7 Å². The number of nitrogens with zero attached hydrogens (tertiary/aromatic N) is 1. The summed E-state index contributed by atoms with van der Waals surface area (Å²) in [4.78, 5) is 2.52. The first-order chi connectivity index (χ1) is 30.9. The predicted octanol–water partition coefficient (Wildman–Crippen LogP) is 18.3. The van der Waals surface area contributed by atoms with Crippen molar-refractivity contribution in [1.82, 2.24) is 0 Å². The van der Waals surface area contributed by atoms with E-state index in [1.54, 1.807) is 0 Å². The van der Waals surface area contributed by atoms with E-state index in [4.69, 9.17) is 0 Å². The van der Waals surface area contributed by atoms with Crippen molar-refractivity contribution in [2.24, 2.45) is 0 Å². The molecule has 2 fully saturated rings. The van der Waals surface area contributed by atoms with Gasteiger partial charge in [-0.1, -0.05) is 188 Å². The van der Waals surface area contributed by atoms with E-state index in [1.807, 2.05) is 0 Å². The van der Waals surface area contributed by atoms with E-state index in [2.05, 4.69) is 190 Å². The summed E-state index contributed by atoms with van der Waals surface area (Å²) in [7, 11) is 0. The first-order valence-electron chi connectivity index (χ1n) is 24.5. The molecule has 0 saturated heterocycles. The first kappa shape index (κ1) is 41.4. The topological polar surface area (TPSA) is 3.24 Å². The van der Waals surface area contributed by atoms with Crippen LogP contribution in [0.5, 0.6) is 0 Å². The molecule has 8 aromatic rings. The molecule has 1 nitrogen and oxygen atoms in total. The summed E-state index contributed by atoms with van der Waals surface area (Å²) >= 11 is 0. The molecule has 318 valence electrons. The van der Waals surface area contributed by atoms with E-state index in [1.165, 1.54) is 153 Å². The fourth-order valence-electron chi connectivity index (χ4n) is 11.3. The van der Waals surface area contributed by atoms with Gasteiger partial charge in [-0.05, 0) is 158 Å². The Labute approximate surface area is 377 Å². The highest BCUT2D eigenvalue weighted by molar-refractivity contribution is 6.22. The zero-order valence-corrected chi connectivity index (χ0v) is 38.1. The molecule has 0 heterocycles. The SMILES string of the molecule is CC(C)c1ccc(CC(c2ccc(C3CCCCC3)cc2)c2cc3c4ccccc4c(N(c4ccc(C(C)C)cc4)c4ccc(C5CCCCC5)cc4)cc3c3ccccc23)cc1. The maximum Gasteiger partial charge on any atom is 0.0546 e. The second-order valence-electron chi connectivity index (χ2n) is 19.7.